The van der Waals surface area contributed by atoms with Gasteiger partial charge in [0.15, 0.2) is 5.78 Å². The summed E-state index contributed by atoms with van der Waals surface area (Å²) in [5.74, 6) is 1.97. The van der Waals surface area contributed by atoms with Crippen LogP contribution in [-0.4, -0.2) is 28.7 Å². The molecule has 3 heteroatoms. The van der Waals surface area contributed by atoms with Gasteiger partial charge in [0.2, 0.25) is 0 Å². The molecule has 0 aliphatic heterocycles. The molecule has 0 aromatic rings. The first kappa shape index (κ1) is 14.9. The van der Waals surface area contributed by atoms with E-state index >= 15 is 0 Å². The van der Waals surface area contributed by atoms with Gasteiger partial charge in [-0.3, -0.25) is 4.79 Å². The van der Waals surface area contributed by atoms with Crippen LogP contribution >= 0.6 is 0 Å². The van der Waals surface area contributed by atoms with Crippen LogP contribution in [0.15, 0.2) is 11.6 Å². The van der Waals surface area contributed by atoms with E-state index in [2.05, 4.69) is 6.92 Å². The minimum atomic E-state index is -0.145. The van der Waals surface area contributed by atoms with Crippen molar-refractivity contribution in [2.24, 2.45) is 28.6 Å². The maximum absolute atomic E-state index is 11.8. The van der Waals surface area contributed by atoms with E-state index in [0.29, 0.717) is 24.2 Å². The van der Waals surface area contributed by atoms with E-state index in [0.717, 1.165) is 44.9 Å². The first-order chi connectivity index (χ1) is 10.5. The van der Waals surface area contributed by atoms with Crippen molar-refractivity contribution >= 4 is 5.78 Å². The zero-order valence-corrected chi connectivity index (χ0v) is 13.6. The van der Waals surface area contributed by atoms with Crippen molar-refractivity contribution in [1.29, 1.82) is 0 Å². The summed E-state index contributed by atoms with van der Waals surface area (Å²) in [6, 6.07) is 0. The Morgan fingerprint density at radius 1 is 1.14 bits per heavy atom. The van der Waals surface area contributed by atoms with Crippen LogP contribution in [-0.2, 0) is 4.79 Å². The highest BCUT2D eigenvalue weighted by Gasteiger charge is 2.59. The summed E-state index contributed by atoms with van der Waals surface area (Å²) >= 11 is 0. The maximum Gasteiger partial charge on any atom is 0.155 e. The summed E-state index contributed by atoms with van der Waals surface area (Å²) in [5.41, 5.74) is 1.18. The normalized spacial score (nSPS) is 50.9. The lowest BCUT2D eigenvalue weighted by atomic mass is 9.47. The van der Waals surface area contributed by atoms with Crippen molar-refractivity contribution in [1.82, 2.24) is 0 Å². The van der Waals surface area contributed by atoms with E-state index in [-0.39, 0.29) is 29.3 Å². The Balaban J connectivity index is 1.71. The first-order valence-electron chi connectivity index (χ1n) is 9.04. The second-order valence-electron chi connectivity index (χ2n) is 8.50. The highest BCUT2D eigenvalue weighted by molar-refractivity contribution is 5.91. The highest BCUT2D eigenvalue weighted by atomic mass is 16.3. The van der Waals surface area contributed by atoms with E-state index < -0.39 is 0 Å². The van der Waals surface area contributed by atoms with E-state index in [4.69, 9.17) is 0 Å². The van der Waals surface area contributed by atoms with Gasteiger partial charge in [-0.05, 0) is 74.2 Å². The molecule has 0 amide bonds. The molecule has 122 valence electrons. The quantitative estimate of drug-likeness (QED) is 0.783. The Morgan fingerprint density at radius 2 is 1.95 bits per heavy atom. The Labute approximate surface area is 132 Å². The molecule has 0 unspecified atom stereocenters. The van der Waals surface area contributed by atoms with Gasteiger partial charge < -0.3 is 10.2 Å². The molecular formula is C19H28O3. The van der Waals surface area contributed by atoms with Crippen LogP contribution in [0.1, 0.15) is 58.3 Å². The van der Waals surface area contributed by atoms with Crippen LogP contribution in [0.25, 0.3) is 0 Å². The third-order valence-electron chi connectivity index (χ3n) is 7.92. The minimum absolute atomic E-state index is 0.0868. The molecule has 2 N–H and O–H groups in total. The number of hydrogen-bond acceptors (Lipinski definition) is 3. The van der Waals surface area contributed by atoms with Crippen molar-refractivity contribution in [3.8, 4) is 0 Å². The summed E-state index contributed by atoms with van der Waals surface area (Å²) in [6.45, 7) is 2.48. The molecule has 4 aliphatic carbocycles. The van der Waals surface area contributed by atoms with Gasteiger partial charge in [-0.1, -0.05) is 12.5 Å². The number of aliphatic hydroxyl groups is 2. The standard InChI is InChI=1S/C19H28O3/c1-18-8-7-16-14(15(18)4-5-17(18)22)3-2-12-10-13(21)6-9-19(12,16)11-20/h10,14-17,20,22H,2-9,11H2,1H3/t14-,15-,16-,17-,18-,19+/m0/s1. The molecule has 0 saturated heterocycles. The molecule has 6 atom stereocenters. The second-order valence-corrected chi connectivity index (χ2v) is 8.50. The van der Waals surface area contributed by atoms with Gasteiger partial charge in [-0.2, -0.15) is 0 Å². The van der Waals surface area contributed by atoms with Crippen LogP contribution in [0.5, 0.6) is 0 Å². The molecule has 4 aliphatic rings. The van der Waals surface area contributed by atoms with Gasteiger partial charge in [-0.15, -0.1) is 0 Å². The summed E-state index contributed by atoms with van der Waals surface area (Å²) < 4.78 is 0. The third kappa shape index (κ3) is 1.78. The smallest absolute Gasteiger partial charge is 0.155 e. The number of fused-ring (bicyclic) bond motifs is 5. The van der Waals surface area contributed by atoms with Gasteiger partial charge in [-0.25, -0.2) is 0 Å². The molecule has 22 heavy (non-hydrogen) atoms. The van der Waals surface area contributed by atoms with E-state index in [1.807, 2.05) is 6.08 Å². The topological polar surface area (TPSA) is 57.5 Å². The van der Waals surface area contributed by atoms with E-state index in [1.165, 1.54) is 5.57 Å². The SMILES string of the molecule is C[C@]12CC[C@H]3[C@@H](CCC4=CC(=O)CC[C@@]43CO)[C@@H]1CC[C@@H]2O. The number of rotatable bonds is 1. The van der Waals surface area contributed by atoms with Gasteiger partial charge in [0.1, 0.15) is 0 Å². The molecular weight excluding hydrogens is 276 g/mol. The van der Waals surface area contributed by atoms with E-state index in [1.54, 1.807) is 0 Å². The fraction of sp³-hybridized carbons (Fsp3) is 0.842. The molecule has 0 aromatic carbocycles. The Bertz CT molecular complexity index is 525. The van der Waals surface area contributed by atoms with Gasteiger partial charge in [0.05, 0.1) is 12.7 Å². The molecule has 0 spiro atoms. The lowest BCUT2D eigenvalue weighted by molar-refractivity contribution is -0.120. The minimum Gasteiger partial charge on any atom is -0.395 e. The van der Waals surface area contributed by atoms with Crippen molar-refractivity contribution < 1.29 is 15.0 Å². The van der Waals surface area contributed by atoms with Crippen LogP contribution in [0.3, 0.4) is 0 Å². The Hall–Kier alpha value is -0.670. The molecule has 3 saturated carbocycles. The molecule has 0 bridgehead atoms. The number of ketones is 1. The second kappa shape index (κ2) is 4.91. The van der Waals surface area contributed by atoms with Crippen LogP contribution in [0, 0.1) is 28.6 Å². The summed E-state index contributed by atoms with van der Waals surface area (Å²) in [7, 11) is 0. The lowest BCUT2D eigenvalue weighted by Gasteiger charge is -2.58. The van der Waals surface area contributed by atoms with Crippen molar-refractivity contribution in [2.45, 2.75) is 64.4 Å². The fourth-order valence-electron chi connectivity index (χ4n) is 6.63. The van der Waals surface area contributed by atoms with Gasteiger partial charge >= 0.3 is 0 Å². The van der Waals surface area contributed by atoms with Gasteiger partial charge in [0, 0.05) is 11.8 Å². The monoisotopic (exact) mass is 304 g/mol. The predicted molar refractivity (Wildman–Crippen MR) is 84.1 cm³/mol. The summed E-state index contributed by atoms with van der Waals surface area (Å²) in [5, 5.41) is 20.7. The average molecular weight is 304 g/mol. The average Bonchev–Trinajstić information content (AvgIpc) is 2.82. The van der Waals surface area contributed by atoms with E-state index in [9.17, 15) is 15.0 Å². The van der Waals surface area contributed by atoms with Crippen LogP contribution in [0.2, 0.25) is 0 Å². The molecule has 0 heterocycles. The van der Waals surface area contributed by atoms with Crippen LogP contribution in [0.4, 0.5) is 0 Å². The first-order valence-corrected chi connectivity index (χ1v) is 9.04. The Kier molecular flexibility index (Phi) is 3.32. The Morgan fingerprint density at radius 3 is 2.73 bits per heavy atom. The number of carbonyl (C=O) groups excluding carboxylic acids is 1. The summed E-state index contributed by atoms with van der Waals surface area (Å²) in [6.07, 6.45) is 9.49. The molecule has 3 nitrogen and oxygen atoms in total. The zero-order chi connectivity index (χ0) is 15.5. The third-order valence-corrected chi connectivity index (χ3v) is 7.92. The van der Waals surface area contributed by atoms with Crippen molar-refractivity contribution in [3.63, 3.8) is 0 Å². The predicted octanol–water partition coefficient (Wildman–Crippen LogP) is 2.85. The number of hydrogen-bond donors (Lipinski definition) is 2. The maximum atomic E-state index is 11.8. The van der Waals surface area contributed by atoms with Crippen molar-refractivity contribution in [3.05, 3.63) is 11.6 Å². The van der Waals surface area contributed by atoms with Gasteiger partial charge in [0.25, 0.3) is 0 Å². The molecule has 0 aromatic heterocycles. The van der Waals surface area contributed by atoms with Crippen molar-refractivity contribution in [2.75, 3.05) is 6.61 Å². The highest BCUT2D eigenvalue weighted by Crippen LogP contribution is 2.65. The molecule has 0 radical (unpaired) electrons. The molecule has 4 rings (SSSR count). The number of aliphatic hydroxyl groups excluding tert-OH is 2. The lowest BCUT2D eigenvalue weighted by Crippen LogP contribution is -2.53. The number of carbonyl (C=O) groups is 1. The zero-order valence-electron chi connectivity index (χ0n) is 13.6. The fourth-order valence-corrected chi connectivity index (χ4v) is 6.63. The van der Waals surface area contributed by atoms with Crippen LogP contribution < -0.4 is 0 Å². The largest absolute Gasteiger partial charge is 0.395 e. The summed E-state index contributed by atoms with van der Waals surface area (Å²) in [4.78, 5) is 11.8. The molecule has 3 fully saturated rings.